The van der Waals surface area contributed by atoms with Gasteiger partial charge < -0.3 is 10.1 Å². The SMILES string of the molecule is CC(C)(CNCC1CCCOC1)NS(C)(=O)=O. The molecule has 1 fully saturated rings. The molecule has 0 aliphatic carbocycles. The van der Waals surface area contributed by atoms with Crippen molar-refractivity contribution in [3.05, 3.63) is 0 Å². The Labute approximate surface area is 104 Å². The molecular formula is C11H24N2O3S. The molecule has 0 aromatic rings. The van der Waals surface area contributed by atoms with E-state index in [9.17, 15) is 8.42 Å². The number of ether oxygens (including phenoxy) is 1. The maximum Gasteiger partial charge on any atom is 0.209 e. The smallest absolute Gasteiger partial charge is 0.209 e. The van der Waals surface area contributed by atoms with Crippen LogP contribution in [0.4, 0.5) is 0 Å². The third kappa shape index (κ3) is 6.98. The van der Waals surface area contributed by atoms with Crippen LogP contribution in [0.2, 0.25) is 0 Å². The molecule has 1 saturated heterocycles. The van der Waals surface area contributed by atoms with Gasteiger partial charge in [0.15, 0.2) is 0 Å². The predicted octanol–water partition coefficient (Wildman–Crippen LogP) is 0.330. The van der Waals surface area contributed by atoms with Crippen LogP contribution in [-0.4, -0.2) is 46.5 Å². The summed E-state index contributed by atoms with van der Waals surface area (Å²) in [6.45, 7) is 6.94. The van der Waals surface area contributed by atoms with Crippen molar-refractivity contribution in [1.29, 1.82) is 0 Å². The summed E-state index contributed by atoms with van der Waals surface area (Å²) in [7, 11) is -3.15. The minimum atomic E-state index is -3.15. The quantitative estimate of drug-likeness (QED) is 0.725. The van der Waals surface area contributed by atoms with E-state index in [1.54, 1.807) is 0 Å². The Hall–Kier alpha value is -0.170. The van der Waals surface area contributed by atoms with Gasteiger partial charge in [-0.15, -0.1) is 0 Å². The molecule has 1 aliphatic heterocycles. The molecule has 0 saturated carbocycles. The van der Waals surface area contributed by atoms with Gasteiger partial charge in [0.2, 0.25) is 10.0 Å². The van der Waals surface area contributed by atoms with Gasteiger partial charge >= 0.3 is 0 Å². The zero-order valence-corrected chi connectivity index (χ0v) is 11.8. The number of sulfonamides is 1. The van der Waals surface area contributed by atoms with Crippen LogP contribution in [0, 0.1) is 5.92 Å². The van der Waals surface area contributed by atoms with Gasteiger partial charge in [-0.1, -0.05) is 0 Å². The molecule has 5 nitrogen and oxygen atoms in total. The van der Waals surface area contributed by atoms with Crippen LogP contribution in [0.1, 0.15) is 26.7 Å². The van der Waals surface area contributed by atoms with Gasteiger partial charge in [0.25, 0.3) is 0 Å². The first-order valence-corrected chi connectivity index (χ1v) is 7.95. The summed E-state index contributed by atoms with van der Waals surface area (Å²) in [6, 6.07) is 0. The summed E-state index contributed by atoms with van der Waals surface area (Å²) in [5.41, 5.74) is -0.455. The maximum absolute atomic E-state index is 11.2. The van der Waals surface area contributed by atoms with Crippen LogP contribution < -0.4 is 10.0 Å². The third-order valence-corrected chi connectivity index (χ3v) is 3.64. The molecule has 1 rings (SSSR count). The molecule has 102 valence electrons. The summed E-state index contributed by atoms with van der Waals surface area (Å²) < 4.78 is 30.3. The second-order valence-corrected chi connectivity index (χ2v) is 7.22. The highest BCUT2D eigenvalue weighted by molar-refractivity contribution is 7.88. The van der Waals surface area contributed by atoms with E-state index in [2.05, 4.69) is 10.0 Å². The van der Waals surface area contributed by atoms with Crippen molar-refractivity contribution in [2.75, 3.05) is 32.6 Å². The summed E-state index contributed by atoms with van der Waals surface area (Å²) in [5, 5.41) is 3.31. The molecule has 0 aromatic carbocycles. The zero-order chi connectivity index (χ0) is 12.9. The molecule has 0 spiro atoms. The first-order chi connectivity index (χ1) is 7.79. The Kier molecular flexibility index (Phi) is 5.37. The van der Waals surface area contributed by atoms with Crippen molar-refractivity contribution in [3.8, 4) is 0 Å². The van der Waals surface area contributed by atoms with Crippen LogP contribution >= 0.6 is 0 Å². The summed E-state index contributed by atoms with van der Waals surface area (Å²) in [4.78, 5) is 0. The van der Waals surface area contributed by atoms with Gasteiger partial charge in [-0.25, -0.2) is 13.1 Å². The molecule has 0 amide bonds. The van der Waals surface area contributed by atoms with E-state index in [-0.39, 0.29) is 0 Å². The second-order valence-electron chi connectivity index (χ2n) is 5.47. The van der Waals surface area contributed by atoms with Gasteiger partial charge in [-0.2, -0.15) is 0 Å². The average Bonchev–Trinajstić information content (AvgIpc) is 2.15. The highest BCUT2D eigenvalue weighted by atomic mass is 32.2. The van der Waals surface area contributed by atoms with Crippen molar-refractivity contribution in [1.82, 2.24) is 10.0 Å². The maximum atomic E-state index is 11.2. The van der Waals surface area contributed by atoms with Gasteiger partial charge in [0, 0.05) is 25.2 Å². The average molecular weight is 264 g/mol. The third-order valence-electron chi connectivity index (χ3n) is 2.72. The monoisotopic (exact) mass is 264 g/mol. The topological polar surface area (TPSA) is 67.4 Å². The van der Waals surface area contributed by atoms with E-state index in [1.807, 2.05) is 13.8 Å². The second kappa shape index (κ2) is 6.13. The number of nitrogens with one attached hydrogen (secondary N) is 2. The van der Waals surface area contributed by atoms with Crippen molar-refractivity contribution < 1.29 is 13.2 Å². The molecule has 6 heteroatoms. The fraction of sp³-hybridized carbons (Fsp3) is 1.00. The van der Waals surface area contributed by atoms with E-state index in [4.69, 9.17) is 4.74 Å². The lowest BCUT2D eigenvalue weighted by Gasteiger charge is -2.28. The van der Waals surface area contributed by atoms with E-state index in [1.165, 1.54) is 12.7 Å². The largest absolute Gasteiger partial charge is 0.381 e. The fourth-order valence-corrected chi connectivity index (χ4v) is 3.17. The van der Waals surface area contributed by atoms with Crippen LogP contribution in [0.5, 0.6) is 0 Å². The first-order valence-electron chi connectivity index (χ1n) is 6.06. The number of hydrogen-bond donors (Lipinski definition) is 2. The highest BCUT2D eigenvalue weighted by Crippen LogP contribution is 2.12. The van der Waals surface area contributed by atoms with Crippen LogP contribution in [0.25, 0.3) is 0 Å². The summed E-state index contributed by atoms with van der Waals surface area (Å²) in [5.74, 6) is 0.554. The normalized spacial score (nSPS) is 22.6. The molecule has 17 heavy (non-hydrogen) atoms. The molecule has 0 radical (unpaired) electrons. The lowest BCUT2D eigenvalue weighted by atomic mass is 10.0. The van der Waals surface area contributed by atoms with E-state index >= 15 is 0 Å². The standard InChI is InChI=1S/C11H24N2O3S/c1-11(2,13-17(3,14)15)9-12-7-10-5-4-6-16-8-10/h10,12-13H,4-9H2,1-3H3. The zero-order valence-electron chi connectivity index (χ0n) is 11.0. The fourth-order valence-electron chi connectivity index (χ4n) is 2.10. The molecule has 0 aromatic heterocycles. The minimum absolute atomic E-state index is 0.455. The van der Waals surface area contributed by atoms with E-state index in [0.717, 1.165) is 26.2 Å². The van der Waals surface area contributed by atoms with Crippen molar-refractivity contribution in [2.45, 2.75) is 32.2 Å². The van der Waals surface area contributed by atoms with Crippen LogP contribution in [0.15, 0.2) is 0 Å². The lowest BCUT2D eigenvalue weighted by Crippen LogP contribution is -2.50. The van der Waals surface area contributed by atoms with Gasteiger partial charge in [0.1, 0.15) is 0 Å². The molecule has 2 N–H and O–H groups in total. The Morgan fingerprint density at radius 2 is 2.12 bits per heavy atom. The Morgan fingerprint density at radius 1 is 1.41 bits per heavy atom. The van der Waals surface area contributed by atoms with Gasteiger partial charge in [0.05, 0.1) is 12.9 Å². The van der Waals surface area contributed by atoms with Crippen molar-refractivity contribution in [2.24, 2.45) is 5.92 Å². The number of rotatable bonds is 6. The Morgan fingerprint density at radius 3 is 2.65 bits per heavy atom. The minimum Gasteiger partial charge on any atom is -0.381 e. The molecule has 1 unspecified atom stereocenters. The van der Waals surface area contributed by atoms with Crippen LogP contribution in [-0.2, 0) is 14.8 Å². The Bertz CT molecular complexity index is 322. The lowest BCUT2D eigenvalue weighted by molar-refractivity contribution is 0.0544. The van der Waals surface area contributed by atoms with Gasteiger partial charge in [-0.05, 0) is 32.6 Å². The summed E-state index contributed by atoms with van der Waals surface area (Å²) in [6.07, 6.45) is 3.49. The van der Waals surface area contributed by atoms with E-state index < -0.39 is 15.6 Å². The Balaban J connectivity index is 2.24. The van der Waals surface area contributed by atoms with Crippen molar-refractivity contribution in [3.63, 3.8) is 0 Å². The molecule has 0 bridgehead atoms. The summed E-state index contributed by atoms with van der Waals surface area (Å²) >= 11 is 0. The first kappa shape index (κ1) is 14.9. The number of hydrogen-bond acceptors (Lipinski definition) is 4. The van der Waals surface area contributed by atoms with E-state index in [0.29, 0.717) is 12.5 Å². The molecule has 1 atom stereocenters. The molecule has 1 heterocycles. The molecule has 1 aliphatic rings. The predicted molar refractivity (Wildman–Crippen MR) is 68.5 cm³/mol. The van der Waals surface area contributed by atoms with Crippen molar-refractivity contribution >= 4 is 10.0 Å². The van der Waals surface area contributed by atoms with Gasteiger partial charge in [-0.3, -0.25) is 0 Å². The molecular weight excluding hydrogens is 240 g/mol. The highest BCUT2D eigenvalue weighted by Gasteiger charge is 2.22. The van der Waals surface area contributed by atoms with Crippen LogP contribution in [0.3, 0.4) is 0 Å².